The smallest absolute Gasteiger partial charge is 0.422 e. The van der Waals surface area contributed by atoms with Gasteiger partial charge < -0.3 is 10.1 Å². The van der Waals surface area contributed by atoms with Crippen molar-refractivity contribution in [2.75, 3.05) is 13.2 Å². The number of halogens is 3. The molecule has 7 nitrogen and oxygen atoms in total. The average molecular weight is 393 g/mol. The Hall–Kier alpha value is -3.17. The van der Waals surface area contributed by atoms with Crippen molar-refractivity contribution in [2.24, 2.45) is 0 Å². The molecule has 0 aliphatic rings. The number of aromatic nitrogens is 4. The van der Waals surface area contributed by atoms with Crippen molar-refractivity contribution in [3.05, 3.63) is 47.5 Å². The van der Waals surface area contributed by atoms with Crippen LogP contribution in [-0.2, 0) is 6.54 Å². The van der Waals surface area contributed by atoms with Gasteiger partial charge in [0.1, 0.15) is 5.69 Å². The number of carbonyl (C=O) groups excluding carboxylic acids is 1. The second-order valence-corrected chi connectivity index (χ2v) is 6.14. The lowest BCUT2D eigenvalue weighted by molar-refractivity contribution is -0.154. The van der Waals surface area contributed by atoms with E-state index in [-0.39, 0.29) is 24.0 Å². The lowest BCUT2D eigenvalue weighted by atomic mass is 10.2. The third kappa shape index (κ3) is 4.76. The zero-order chi connectivity index (χ0) is 20.3. The van der Waals surface area contributed by atoms with Gasteiger partial charge >= 0.3 is 6.18 Å². The topological polar surface area (TPSA) is 81.9 Å². The van der Waals surface area contributed by atoms with Gasteiger partial charge in [0.25, 0.3) is 5.91 Å². The van der Waals surface area contributed by atoms with Crippen molar-refractivity contribution in [1.29, 1.82) is 0 Å². The van der Waals surface area contributed by atoms with Crippen LogP contribution in [0.1, 0.15) is 28.7 Å². The van der Waals surface area contributed by atoms with E-state index in [1.54, 1.807) is 29.9 Å². The number of pyridine rings is 2. The molecule has 0 aliphatic carbocycles. The molecule has 0 aliphatic heterocycles. The van der Waals surface area contributed by atoms with Crippen LogP contribution in [0.4, 0.5) is 13.2 Å². The van der Waals surface area contributed by atoms with Gasteiger partial charge in [0, 0.05) is 30.7 Å². The molecule has 148 valence electrons. The van der Waals surface area contributed by atoms with Crippen LogP contribution < -0.4 is 10.1 Å². The molecule has 3 aromatic rings. The number of fused-ring (bicyclic) bond motifs is 1. The van der Waals surface area contributed by atoms with Crippen LogP contribution in [0.25, 0.3) is 10.9 Å². The minimum absolute atomic E-state index is 0.103. The first kappa shape index (κ1) is 19.6. The summed E-state index contributed by atoms with van der Waals surface area (Å²) in [5, 5.41) is 7.70. The van der Waals surface area contributed by atoms with Gasteiger partial charge in [0.05, 0.1) is 17.4 Å². The first-order valence-corrected chi connectivity index (χ1v) is 8.52. The predicted octanol–water partition coefficient (Wildman–Crippen LogP) is 2.87. The molecule has 3 heterocycles. The maximum Gasteiger partial charge on any atom is 0.422 e. The van der Waals surface area contributed by atoms with E-state index in [1.165, 1.54) is 12.3 Å². The number of carbonyl (C=O) groups is 1. The van der Waals surface area contributed by atoms with Gasteiger partial charge in [-0.25, -0.2) is 4.98 Å². The molecule has 0 fully saturated rings. The Bertz CT molecular complexity index is 1000. The summed E-state index contributed by atoms with van der Waals surface area (Å²) in [7, 11) is 0. The molecule has 10 heteroatoms. The Morgan fingerprint density at radius 2 is 2.11 bits per heavy atom. The Labute approximate surface area is 158 Å². The molecule has 0 aromatic carbocycles. The van der Waals surface area contributed by atoms with E-state index in [2.05, 4.69) is 20.4 Å². The van der Waals surface area contributed by atoms with Crippen molar-refractivity contribution < 1.29 is 22.7 Å². The van der Waals surface area contributed by atoms with Gasteiger partial charge in [-0.2, -0.15) is 18.3 Å². The number of aryl methyl sites for hydroxylation is 1. The zero-order valence-electron chi connectivity index (χ0n) is 15.2. The van der Waals surface area contributed by atoms with E-state index < -0.39 is 12.8 Å². The number of hydrogen-bond acceptors (Lipinski definition) is 5. The van der Waals surface area contributed by atoms with Crippen molar-refractivity contribution in [3.8, 4) is 5.88 Å². The normalized spacial score (nSPS) is 11.6. The summed E-state index contributed by atoms with van der Waals surface area (Å²) in [6, 6.07) is 4.86. The highest BCUT2D eigenvalue weighted by molar-refractivity contribution is 6.04. The van der Waals surface area contributed by atoms with Gasteiger partial charge in [-0.3, -0.25) is 14.5 Å². The molecule has 0 atom stereocenters. The quantitative estimate of drug-likeness (QED) is 0.697. The Morgan fingerprint density at radius 1 is 1.32 bits per heavy atom. The van der Waals surface area contributed by atoms with Crippen LogP contribution in [0.15, 0.2) is 30.6 Å². The van der Waals surface area contributed by atoms with E-state index in [9.17, 15) is 18.0 Å². The first-order chi connectivity index (χ1) is 13.2. The molecule has 28 heavy (non-hydrogen) atoms. The standard InChI is InChI=1S/C18H18F3N5O2/c1-3-22-17(27)16-13-9-26(25-14(13)4-5-23-16)8-12-6-11(2)24-15(7-12)28-10-18(19,20)21/h4-7,9H,3,8,10H2,1-2H3,(H,22,27). The summed E-state index contributed by atoms with van der Waals surface area (Å²) in [6.07, 6.45) is -1.25. The molecule has 0 saturated heterocycles. The van der Waals surface area contributed by atoms with Crippen molar-refractivity contribution in [1.82, 2.24) is 25.1 Å². The minimum atomic E-state index is -4.44. The van der Waals surface area contributed by atoms with Gasteiger partial charge in [0.15, 0.2) is 6.61 Å². The molecule has 1 N–H and O–H groups in total. The number of rotatable bonds is 6. The van der Waals surface area contributed by atoms with Crippen LogP contribution >= 0.6 is 0 Å². The second-order valence-electron chi connectivity index (χ2n) is 6.14. The molecule has 0 radical (unpaired) electrons. The lowest BCUT2D eigenvalue weighted by Gasteiger charge is -2.10. The number of alkyl halides is 3. The first-order valence-electron chi connectivity index (χ1n) is 8.52. The van der Waals surface area contributed by atoms with Crippen LogP contribution in [0.5, 0.6) is 5.88 Å². The summed E-state index contributed by atoms with van der Waals surface area (Å²) in [5.74, 6) is -0.399. The van der Waals surface area contributed by atoms with Gasteiger partial charge in [-0.05, 0) is 31.5 Å². The van der Waals surface area contributed by atoms with E-state index in [0.717, 1.165) is 0 Å². The van der Waals surface area contributed by atoms with Crippen molar-refractivity contribution in [3.63, 3.8) is 0 Å². The number of ether oxygens (including phenoxy) is 1. The predicted molar refractivity (Wildman–Crippen MR) is 95.2 cm³/mol. The van der Waals surface area contributed by atoms with Crippen LogP contribution in [0.2, 0.25) is 0 Å². The fourth-order valence-electron chi connectivity index (χ4n) is 2.72. The van der Waals surface area contributed by atoms with Crippen LogP contribution in [0.3, 0.4) is 0 Å². The molecule has 3 rings (SSSR count). The third-order valence-corrected chi connectivity index (χ3v) is 3.75. The Balaban J connectivity index is 1.85. The van der Waals surface area contributed by atoms with Gasteiger partial charge in [-0.1, -0.05) is 0 Å². The van der Waals surface area contributed by atoms with E-state index >= 15 is 0 Å². The average Bonchev–Trinajstić information content (AvgIpc) is 3.01. The maximum atomic E-state index is 12.4. The highest BCUT2D eigenvalue weighted by atomic mass is 19.4. The lowest BCUT2D eigenvalue weighted by Crippen LogP contribution is -2.23. The van der Waals surface area contributed by atoms with Crippen LogP contribution in [-0.4, -0.2) is 45.0 Å². The molecular weight excluding hydrogens is 375 g/mol. The molecule has 0 unspecified atom stereocenters. The Morgan fingerprint density at radius 3 is 2.82 bits per heavy atom. The van der Waals surface area contributed by atoms with Gasteiger partial charge in [0.2, 0.25) is 5.88 Å². The molecule has 0 spiro atoms. The summed E-state index contributed by atoms with van der Waals surface area (Å²) in [4.78, 5) is 20.2. The van der Waals surface area contributed by atoms with Gasteiger partial charge in [-0.15, -0.1) is 0 Å². The summed E-state index contributed by atoms with van der Waals surface area (Å²) in [6.45, 7) is 2.82. The summed E-state index contributed by atoms with van der Waals surface area (Å²) < 4.78 is 43.4. The molecular formula is C18H18F3N5O2. The molecule has 3 aromatic heterocycles. The molecule has 0 bridgehead atoms. The number of hydrogen-bond donors (Lipinski definition) is 1. The largest absolute Gasteiger partial charge is 0.468 e. The van der Waals surface area contributed by atoms with E-state index in [1.807, 2.05) is 6.92 Å². The maximum absolute atomic E-state index is 12.4. The number of amides is 1. The molecule has 1 amide bonds. The van der Waals surface area contributed by atoms with Crippen LogP contribution in [0, 0.1) is 6.92 Å². The summed E-state index contributed by atoms with van der Waals surface area (Å²) >= 11 is 0. The van der Waals surface area contributed by atoms with Crippen molar-refractivity contribution >= 4 is 16.8 Å². The monoisotopic (exact) mass is 393 g/mol. The Kier molecular flexibility index (Phi) is 5.48. The highest BCUT2D eigenvalue weighted by Crippen LogP contribution is 2.20. The fraction of sp³-hybridized carbons (Fsp3) is 0.333. The number of nitrogens with one attached hydrogen (secondary N) is 1. The third-order valence-electron chi connectivity index (χ3n) is 3.75. The highest BCUT2D eigenvalue weighted by Gasteiger charge is 2.28. The molecule has 0 saturated carbocycles. The summed E-state index contributed by atoms with van der Waals surface area (Å²) in [5.41, 5.74) is 2.06. The minimum Gasteiger partial charge on any atom is -0.468 e. The van der Waals surface area contributed by atoms with Crippen molar-refractivity contribution in [2.45, 2.75) is 26.6 Å². The zero-order valence-corrected chi connectivity index (χ0v) is 15.2. The number of nitrogens with zero attached hydrogens (tertiary/aromatic N) is 4. The SMILES string of the molecule is CCNC(=O)c1nccc2nn(Cc3cc(C)nc(OCC(F)(F)F)c3)cc12. The van der Waals surface area contributed by atoms with E-state index in [4.69, 9.17) is 4.74 Å². The fourth-order valence-corrected chi connectivity index (χ4v) is 2.72. The van der Waals surface area contributed by atoms with E-state index in [0.29, 0.717) is 28.7 Å². The second kappa shape index (κ2) is 7.83.